The number of pyridine rings is 1. The number of nitrogen functional groups attached to an aromatic ring is 1. The number of alkyl halides is 3. The Kier molecular flexibility index (Phi) is 8.16. The third-order valence-corrected chi connectivity index (χ3v) is 7.33. The number of anilines is 2. The van der Waals surface area contributed by atoms with Crippen LogP contribution >= 0.6 is 11.6 Å². The highest BCUT2D eigenvalue weighted by Gasteiger charge is 2.34. The minimum absolute atomic E-state index is 0.0231. The van der Waals surface area contributed by atoms with Gasteiger partial charge in [0.1, 0.15) is 45.7 Å². The number of halogens is 4. The molecule has 4 aromatic rings. The van der Waals surface area contributed by atoms with Gasteiger partial charge in [0.25, 0.3) is 5.91 Å². The molecule has 1 aliphatic heterocycles. The van der Waals surface area contributed by atoms with Gasteiger partial charge in [-0.15, -0.1) is 0 Å². The molecule has 1 fully saturated rings. The number of nitrogens with zero attached hydrogens (tertiary/aromatic N) is 5. The van der Waals surface area contributed by atoms with Gasteiger partial charge in [0, 0.05) is 23.7 Å². The van der Waals surface area contributed by atoms with Crippen molar-refractivity contribution in [3.05, 3.63) is 64.8 Å². The monoisotopic (exact) mass is 617 g/mol. The van der Waals surface area contributed by atoms with Crippen LogP contribution in [0.5, 0.6) is 5.75 Å². The van der Waals surface area contributed by atoms with Gasteiger partial charge in [-0.05, 0) is 37.3 Å². The number of imidazole rings is 1. The molecule has 2 amide bonds. The van der Waals surface area contributed by atoms with Crippen LogP contribution in [0.25, 0.3) is 16.8 Å². The number of hydrogen-bond donors (Lipinski definition) is 2. The zero-order chi connectivity index (χ0) is 31.1. The summed E-state index contributed by atoms with van der Waals surface area (Å²) in [6.07, 6.45) is -2.55. The molecule has 1 saturated heterocycles. The molecule has 3 aromatic heterocycles. The van der Waals surface area contributed by atoms with Crippen LogP contribution < -0.4 is 15.8 Å². The van der Waals surface area contributed by atoms with E-state index in [4.69, 9.17) is 31.8 Å². The molecule has 3 N–H and O–H groups in total. The lowest BCUT2D eigenvalue weighted by Crippen LogP contribution is -2.48. The molecule has 43 heavy (non-hydrogen) atoms. The fourth-order valence-corrected chi connectivity index (χ4v) is 5.11. The lowest BCUT2D eigenvalue weighted by Gasteiger charge is -2.37. The van der Waals surface area contributed by atoms with Gasteiger partial charge in [0.15, 0.2) is 0 Å². The average molecular weight is 618 g/mol. The first kappa shape index (κ1) is 30.0. The quantitative estimate of drug-likeness (QED) is 0.308. The molecule has 15 heteroatoms. The van der Waals surface area contributed by atoms with E-state index in [1.54, 1.807) is 22.3 Å². The number of methoxy groups -OCH3 is 1. The van der Waals surface area contributed by atoms with Crippen LogP contribution in [-0.2, 0) is 15.7 Å². The van der Waals surface area contributed by atoms with E-state index in [1.807, 2.05) is 6.92 Å². The zero-order valence-corrected chi connectivity index (χ0v) is 24.0. The van der Waals surface area contributed by atoms with Crippen molar-refractivity contribution in [1.82, 2.24) is 24.3 Å². The Morgan fingerprint density at radius 3 is 2.70 bits per heavy atom. The maximum absolute atomic E-state index is 13.1. The minimum Gasteiger partial charge on any atom is -0.496 e. The van der Waals surface area contributed by atoms with Gasteiger partial charge in [-0.2, -0.15) is 13.2 Å². The van der Waals surface area contributed by atoms with Crippen molar-refractivity contribution in [2.45, 2.75) is 38.6 Å². The summed E-state index contributed by atoms with van der Waals surface area (Å²) in [5.74, 6) is -0.269. The van der Waals surface area contributed by atoms with Crippen LogP contribution in [0.3, 0.4) is 0 Å². The lowest BCUT2D eigenvalue weighted by molar-refractivity contribution is -0.144. The molecule has 226 valence electrons. The topological polar surface area (TPSA) is 137 Å². The first-order valence-electron chi connectivity index (χ1n) is 13.2. The van der Waals surface area contributed by atoms with Gasteiger partial charge in [-0.3, -0.25) is 14.0 Å². The van der Waals surface area contributed by atoms with Gasteiger partial charge < -0.3 is 25.4 Å². The molecule has 11 nitrogen and oxygen atoms in total. The number of carbonyl (C=O) groups excluding carboxylic acids is 2. The minimum atomic E-state index is -4.59. The van der Waals surface area contributed by atoms with Crippen molar-refractivity contribution in [3.8, 4) is 17.0 Å². The number of fused-ring (bicyclic) bond motifs is 1. The molecular formula is C28H27ClF3N7O4. The summed E-state index contributed by atoms with van der Waals surface area (Å²) in [6.45, 7) is 4.22. The molecule has 0 spiro atoms. The molecule has 1 aliphatic rings. The molecule has 0 unspecified atom stereocenters. The highest BCUT2D eigenvalue weighted by atomic mass is 35.5. The van der Waals surface area contributed by atoms with E-state index in [1.165, 1.54) is 25.4 Å². The number of amides is 2. The Morgan fingerprint density at radius 2 is 2.00 bits per heavy atom. The van der Waals surface area contributed by atoms with Crippen molar-refractivity contribution in [2.75, 3.05) is 31.3 Å². The highest BCUT2D eigenvalue weighted by molar-refractivity contribution is 6.30. The van der Waals surface area contributed by atoms with Crippen LogP contribution in [-0.4, -0.2) is 62.4 Å². The number of hydrogen-bond acceptors (Lipinski definition) is 8. The fraction of sp³-hybridized carbons (Fsp3) is 0.321. The number of carbonyl (C=O) groups is 2. The second-order valence-corrected chi connectivity index (χ2v) is 10.2. The number of benzene rings is 1. The number of rotatable bonds is 6. The molecule has 1 aromatic carbocycles. The smallest absolute Gasteiger partial charge is 0.416 e. The van der Waals surface area contributed by atoms with E-state index in [-0.39, 0.29) is 53.2 Å². The summed E-state index contributed by atoms with van der Waals surface area (Å²) >= 11 is 6.57. The SMILES string of the molecule is CCC(=O)N1C[C@H](c2nc(-c3ccc(C(=O)Nc4cc(C(F)(F)F)ccn4)cc3OC)c3c(N)ncc(Cl)n23)OC[C@@H]1C. The Hall–Kier alpha value is -4.43. The standard InChI is InChI=1S/C28H27ClF3N7O4/c1-4-22(40)38-12-19(43-13-14(38)2)26-37-23(24-25(33)35-11-20(29)39(24)26)17-6-5-15(9-18(17)42-3)27(41)36-21-10-16(7-8-34-21)28(30,31)32/h5-11,14,19H,4,12-13H2,1-3H3,(H2,33,35)(H,34,36,41)/t14-,19+/m0/s1. The van der Waals surface area contributed by atoms with Crippen LogP contribution in [0.4, 0.5) is 24.8 Å². The maximum atomic E-state index is 13.1. The van der Waals surface area contributed by atoms with Gasteiger partial charge in [-0.25, -0.2) is 15.0 Å². The van der Waals surface area contributed by atoms with Crippen molar-refractivity contribution < 1.29 is 32.2 Å². The summed E-state index contributed by atoms with van der Waals surface area (Å²) in [4.78, 5) is 40.1. The normalized spacial score (nSPS) is 17.2. The molecule has 5 rings (SSSR count). The summed E-state index contributed by atoms with van der Waals surface area (Å²) in [5.41, 5.74) is 6.57. The molecule has 0 bridgehead atoms. The Bertz CT molecular complexity index is 1710. The number of nitrogens with one attached hydrogen (secondary N) is 1. The van der Waals surface area contributed by atoms with Crippen LogP contribution in [0, 0.1) is 0 Å². The molecule has 0 aliphatic carbocycles. The van der Waals surface area contributed by atoms with Crippen LogP contribution in [0.2, 0.25) is 5.15 Å². The summed E-state index contributed by atoms with van der Waals surface area (Å²) in [5, 5.41) is 2.58. The average Bonchev–Trinajstić information content (AvgIpc) is 3.40. The molecule has 4 heterocycles. The first-order valence-corrected chi connectivity index (χ1v) is 13.6. The van der Waals surface area contributed by atoms with Crippen molar-refractivity contribution in [2.24, 2.45) is 0 Å². The molecule has 0 saturated carbocycles. The maximum Gasteiger partial charge on any atom is 0.416 e. The Morgan fingerprint density at radius 1 is 1.23 bits per heavy atom. The number of aromatic nitrogens is 4. The first-order chi connectivity index (χ1) is 20.4. The number of ether oxygens (including phenoxy) is 2. The van der Waals surface area contributed by atoms with E-state index in [2.05, 4.69) is 15.3 Å². The second-order valence-electron chi connectivity index (χ2n) is 9.84. The second kappa shape index (κ2) is 11.7. The fourth-order valence-electron chi connectivity index (χ4n) is 4.89. The lowest BCUT2D eigenvalue weighted by atomic mass is 10.1. The van der Waals surface area contributed by atoms with E-state index in [0.717, 1.165) is 18.3 Å². The predicted octanol–water partition coefficient (Wildman–Crippen LogP) is 5.01. The van der Waals surface area contributed by atoms with Gasteiger partial charge >= 0.3 is 6.18 Å². The van der Waals surface area contributed by atoms with Crippen molar-refractivity contribution >= 4 is 40.6 Å². The molecular weight excluding hydrogens is 591 g/mol. The van der Waals surface area contributed by atoms with Crippen molar-refractivity contribution in [3.63, 3.8) is 0 Å². The largest absolute Gasteiger partial charge is 0.496 e. The zero-order valence-electron chi connectivity index (χ0n) is 23.3. The predicted molar refractivity (Wildman–Crippen MR) is 152 cm³/mol. The highest BCUT2D eigenvalue weighted by Crippen LogP contribution is 2.39. The third kappa shape index (κ3) is 5.79. The van der Waals surface area contributed by atoms with Crippen LogP contribution in [0.1, 0.15) is 48.1 Å². The summed E-state index contributed by atoms with van der Waals surface area (Å²) < 4.78 is 52.6. The van der Waals surface area contributed by atoms with Gasteiger partial charge in [0.2, 0.25) is 5.91 Å². The van der Waals surface area contributed by atoms with Gasteiger partial charge in [-0.1, -0.05) is 18.5 Å². The van der Waals surface area contributed by atoms with Crippen molar-refractivity contribution in [1.29, 1.82) is 0 Å². The van der Waals surface area contributed by atoms with Crippen LogP contribution in [0.15, 0.2) is 42.7 Å². The van der Waals surface area contributed by atoms with Gasteiger partial charge in [0.05, 0.1) is 38.1 Å². The molecule has 0 radical (unpaired) electrons. The van der Waals surface area contributed by atoms with E-state index in [0.29, 0.717) is 29.0 Å². The Labute approximate surface area is 248 Å². The van der Waals surface area contributed by atoms with E-state index < -0.39 is 23.8 Å². The van der Waals surface area contributed by atoms with E-state index in [9.17, 15) is 22.8 Å². The summed E-state index contributed by atoms with van der Waals surface area (Å²) in [6, 6.07) is 5.86. The number of nitrogens with two attached hydrogens (primary N) is 1. The Balaban J connectivity index is 1.53. The van der Waals surface area contributed by atoms with E-state index >= 15 is 0 Å². The number of morpholine rings is 1. The third-order valence-electron chi connectivity index (χ3n) is 7.06. The molecule has 2 atom stereocenters. The summed E-state index contributed by atoms with van der Waals surface area (Å²) in [7, 11) is 1.39.